The molecule has 1 heterocycles. The normalized spacial score (nSPS) is 16.0. The van der Waals surface area contributed by atoms with Gasteiger partial charge in [-0.2, -0.15) is 0 Å². The first-order valence-corrected chi connectivity index (χ1v) is 11.1. The molecule has 2 N–H and O–H groups in total. The quantitative estimate of drug-likeness (QED) is 0.494. The van der Waals surface area contributed by atoms with Crippen LogP contribution in [-0.4, -0.2) is 64.3 Å². The molecule has 0 radical (unpaired) electrons. The molecular formula is C25H36N4O. The van der Waals surface area contributed by atoms with E-state index < -0.39 is 0 Å². The van der Waals surface area contributed by atoms with Crippen molar-refractivity contribution in [3.8, 4) is 0 Å². The molecule has 2 aromatic rings. The van der Waals surface area contributed by atoms with Gasteiger partial charge in [0.2, 0.25) is 0 Å². The Balaban J connectivity index is 1.50. The summed E-state index contributed by atoms with van der Waals surface area (Å²) < 4.78 is 5.20. The smallest absolute Gasteiger partial charge is 0.191 e. The molecule has 0 aromatic heterocycles. The molecule has 0 amide bonds. The standard InChI is InChI=1S/C25H36N4O/c1-26-25(27-19-21-13-15-29(16-14-21)17-18-30-2)28-20-24(22-9-5-3-6-10-22)23-11-7-4-8-12-23/h3-12,21,24H,13-20H2,1-2H3,(H2,26,27,28). The number of methoxy groups -OCH3 is 1. The molecule has 0 atom stereocenters. The van der Waals surface area contributed by atoms with E-state index in [1.165, 1.54) is 24.0 Å². The number of aliphatic imine (C=N–C) groups is 1. The third-order valence-electron chi connectivity index (χ3n) is 5.98. The molecule has 162 valence electrons. The largest absolute Gasteiger partial charge is 0.383 e. The third kappa shape index (κ3) is 6.85. The van der Waals surface area contributed by atoms with Gasteiger partial charge in [0.1, 0.15) is 0 Å². The molecule has 0 unspecified atom stereocenters. The maximum absolute atomic E-state index is 5.20. The summed E-state index contributed by atoms with van der Waals surface area (Å²) in [5.41, 5.74) is 2.63. The van der Waals surface area contributed by atoms with Crippen LogP contribution in [0.4, 0.5) is 0 Å². The Morgan fingerprint density at radius 3 is 2.13 bits per heavy atom. The van der Waals surface area contributed by atoms with Crippen LogP contribution in [-0.2, 0) is 4.74 Å². The molecule has 30 heavy (non-hydrogen) atoms. The minimum absolute atomic E-state index is 0.287. The lowest BCUT2D eigenvalue weighted by Gasteiger charge is -2.32. The van der Waals surface area contributed by atoms with Crippen LogP contribution < -0.4 is 10.6 Å². The van der Waals surface area contributed by atoms with Gasteiger partial charge in [0.25, 0.3) is 0 Å². The first-order valence-electron chi connectivity index (χ1n) is 11.1. The zero-order valence-corrected chi connectivity index (χ0v) is 18.4. The van der Waals surface area contributed by atoms with Crippen molar-refractivity contribution in [3.05, 3.63) is 71.8 Å². The van der Waals surface area contributed by atoms with E-state index in [1.54, 1.807) is 7.11 Å². The molecule has 0 bridgehead atoms. The molecule has 0 spiro atoms. The highest BCUT2D eigenvalue weighted by Gasteiger charge is 2.19. The number of hydrogen-bond acceptors (Lipinski definition) is 3. The fourth-order valence-electron chi connectivity index (χ4n) is 4.09. The van der Waals surface area contributed by atoms with Crippen LogP contribution in [0.5, 0.6) is 0 Å². The number of rotatable bonds is 9. The number of piperidine rings is 1. The topological polar surface area (TPSA) is 48.9 Å². The van der Waals surface area contributed by atoms with Crippen LogP contribution in [0.2, 0.25) is 0 Å². The van der Waals surface area contributed by atoms with E-state index in [2.05, 4.69) is 81.2 Å². The van der Waals surface area contributed by atoms with Crippen molar-refractivity contribution in [2.45, 2.75) is 18.8 Å². The molecular weight excluding hydrogens is 372 g/mol. The lowest BCUT2D eigenvalue weighted by Crippen LogP contribution is -2.44. The Labute approximate surface area is 181 Å². The zero-order chi connectivity index (χ0) is 21.0. The minimum atomic E-state index is 0.287. The van der Waals surface area contributed by atoms with Gasteiger partial charge in [-0.3, -0.25) is 4.99 Å². The summed E-state index contributed by atoms with van der Waals surface area (Å²) in [6.07, 6.45) is 2.45. The number of nitrogens with one attached hydrogen (secondary N) is 2. The second kappa shape index (κ2) is 12.4. The number of nitrogens with zero attached hydrogens (tertiary/aromatic N) is 2. The fraction of sp³-hybridized carbons (Fsp3) is 0.480. The van der Waals surface area contributed by atoms with Crippen LogP contribution in [0, 0.1) is 5.92 Å². The number of benzene rings is 2. The summed E-state index contributed by atoms with van der Waals surface area (Å²) in [5.74, 6) is 1.87. The van der Waals surface area contributed by atoms with E-state index in [4.69, 9.17) is 4.74 Å². The van der Waals surface area contributed by atoms with Crippen LogP contribution in [0.3, 0.4) is 0 Å². The second-order valence-corrected chi connectivity index (χ2v) is 7.99. The molecule has 1 saturated heterocycles. The molecule has 0 aliphatic carbocycles. The van der Waals surface area contributed by atoms with Crippen molar-refractivity contribution in [3.63, 3.8) is 0 Å². The number of guanidine groups is 1. The van der Waals surface area contributed by atoms with Crippen molar-refractivity contribution in [1.82, 2.24) is 15.5 Å². The third-order valence-corrected chi connectivity index (χ3v) is 5.98. The highest BCUT2D eigenvalue weighted by atomic mass is 16.5. The van der Waals surface area contributed by atoms with Crippen LogP contribution in [0.15, 0.2) is 65.7 Å². The first kappa shape index (κ1) is 22.3. The lowest BCUT2D eigenvalue weighted by atomic mass is 9.91. The average molecular weight is 409 g/mol. The highest BCUT2D eigenvalue weighted by molar-refractivity contribution is 5.79. The number of ether oxygens (including phenoxy) is 1. The van der Waals surface area contributed by atoms with Gasteiger partial charge in [0.15, 0.2) is 5.96 Å². The minimum Gasteiger partial charge on any atom is -0.383 e. The molecule has 0 saturated carbocycles. The number of likely N-dealkylation sites (tertiary alicyclic amines) is 1. The maximum Gasteiger partial charge on any atom is 0.191 e. The predicted molar refractivity (Wildman–Crippen MR) is 125 cm³/mol. The summed E-state index contributed by atoms with van der Waals surface area (Å²) in [4.78, 5) is 6.95. The highest BCUT2D eigenvalue weighted by Crippen LogP contribution is 2.23. The molecule has 2 aromatic carbocycles. The van der Waals surface area contributed by atoms with Gasteiger partial charge < -0.3 is 20.3 Å². The molecule has 3 rings (SSSR count). The van der Waals surface area contributed by atoms with Gasteiger partial charge in [-0.15, -0.1) is 0 Å². The first-order chi connectivity index (χ1) is 14.8. The molecule has 1 aliphatic rings. The van der Waals surface area contributed by atoms with Gasteiger partial charge in [-0.25, -0.2) is 0 Å². The predicted octanol–water partition coefficient (Wildman–Crippen LogP) is 3.34. The molecule has 5 nitrogen and oxygen atoms in total. The molecule has 1 aliphatic heterocycles. The van der Waals surface area contributed by atoms with Crippen LogP contribution in [0.25, 0.3) is 0 Å². The average Bonchev–Trinajstić information content (AvgIpc) is 2.82. The van der Waals surface area contributed by atoms with E-state index in [0.717, 1.165) is 45.3 Å². The maximum atomic E-state index is 5.20. The summed E-state index contributed by atoms with van der Waals surface area (Å²) in [6, 6.07) is 21.4. The summed E-state index contributed by atoms with van der Waals surface area (Å²) in [6.45, 7) is 5.96. The van der Waals surface area contributed by atoms with E-state index in [-0.39, 0.29) is 5.92 Å². The Morgan fingerprint density at radius 1 is 1.00 bits per heavy atom. The Morgan fingerprint density at radius 2 is 1.60 bits per heavy atom. The van der Waals surface area contributed by atoms with Crippen molar-refractivity contribution in [2.24, 2.45) is 10.9 Å². The van der Waals surface area contributed by atoms with E-state index in [0.29, 0.717) is 5.92 Å². The molecule has 1 fully saturated rings. The Hall–Kier alpha value is -2.37. The van der Waals surface area contributed by atoms with Gasteiger partial charge in [-0.1, -0.05) is 60.7 Å². The van der Waals surface area contributed by atoms with Crippen LogP contribution >= 0.6 is 0 Å². The fourth-order valence-corrected chi connectivity index (χ4v) is 4.09. The van der Waals surface area contributed by atoms with Gasteiger partial charge in [0.05, 0.1) is 6.61 Å². The van der Waals surface area contributed by atoms with E-state index >= 15 is 0 Å². The Kier molecular flexibility index (Phi) is 9.19. The Bertz CT molecular complexity index is 703. The zero-order valence-electron chi connectivity index (χ0n) is 18.4. The summed E-state index contributed by atoms with van der Waals surface area (Å²) in [5, 5.41) is 7.11. The number of hydrogen-bond donors (Lipinski definition) is 2. The lowest BCUT2D eigenvalue weighted by molar-refractivity contribution is 0.121. The van der Waals surface area contributed by atoms with Crippen molar-refractivity contribution in [2.75, 3.05) is 53.5 Å². The van der Waals surface area contributed by atoms with Crippen molar-refractivity contribution >= 4 is 5.96 Å². The van der Waals surface area contributed by atoms with Crippen LogP contribution in [0.1, 0.15) is 29.9 Å². The molecule has 5 heteroatoms. The summed E-state index contributed by atoms with van der Waals surface area (Å²) >= 11 is 0. The van der Waals surface area contributed by atoms with E-state index in [1.807, 2.05) is 7.05 Å². The van der Waals surface area contributed by atoms with Gasteiger partial charge in [0, 0.05) is 39.7 Å². The van der Waals surface area contributed by atoms with Crippen molar-refractivity contribution < 1.29 is 4.74 Å². The van der Waals surface area contributed by atoms with E-state index in [9.17, 15) is 0 Å². The summed E-state index contributed by atoms with van der Waals surface area (Å²) in [7, 11) is 3.62. The second-order valence-electron chi connectivity index (χ2n) is 7.99. The van der Waals surface area contributed by atoms with Gasteiger partial charge in [-0.05, 0) is 43.0 Å². The van der Waals surface area contributed by atoms with Gasteiger partial charge >= 0.3 is 0 Å². The van der Waals surface area contributed by atoms with Crippen molar-refractivity contribution in [1.29, 1.82) is 0 Å². The monoisotopic (exact) mass is 408 g/mol. The SMILES string of the molecule is CN=C(NCC1CCN(CCOC)CC1)NCC(c1ccccc1)c1ccccc1.